The van der Waals surface area contributed by atoms with Crippen molar-refractivity contribution in [2.75, 3.05) is 36.5 Å². The van der Waals surface area contributed by atoms with Crippen molar-refractivity contribution in [2.45, 2.75) is 0 Å². The largest absolute Gasteiger partial charge is 0.378 e. The average Bonchev–Trinajstić information content (AvgIpc) is 2.73. The molecule has 0 atom stereocenters. The molecule has 1 fully saturated rings. The van der Waals surface area contributed by atoms with Crippen molar-refractivity contribution in [3.8, 4) is 0 Å². The van der Waals surface area contributed by atoms with Crippen LogP contribution in [0.3, 0.4) is 0 Å². The summed E-state index contributed by atoms with van der Waals surface area (Å²) >= 11 is 5.76. The van der Waals surface area contributed by atoms with E-state index in [1.807, 2.05) is 4.90 Å². The van der Waals surface area contributed by atoms with Gasteiger partial charge in [0.2, 0.25) is 5.91 Å². The van der Waals surface area contributed by atoms with Crippen molar-refractivity contribution in [3.05, 3.63) is 73.3 Å². The molecular formula is C19H17ClN4O6. The molecule has 2 aromatic carbocycles. The number of rotatable bonds is 6. The Bertz CT molecular complexity index is 1020. The summed E-state index contributed by atoms with van der Waals surface area (Å²) in [5.74, 6) is -0.541. The van der Waals surface area contributed by atoms with Gasteiger partial charge in [-0.15, -0.1) is 0 Å². The van der Waals surface area contributed by atoms with Crippen LogP contribution in [0.1, 0.15) is 5.56 Å². The minimum absolute atomic E-state index is 0.00531. The van der Waals surface area contributed by atoms with Gasteiger partial charge in [0.05, 0.1) is 23.1 Å². The van der Waals surface area contributed by atoms with E-state index in [-0.39, 0.29) is 22.1 Å². The summed E-state index contributed by atoms with van der Waals surface area (Å²) in [7, 11) is 0. The second kappa shape index (κ2) is 9.33. The third-order valence-electron chi connectivity index (χ3n) is 4.39. The number of nitrogens with one attached hydrogen (secondary N) is 1. The number of nitrogens with zero attached hydrogens (tertiary/aromatic N) is 3. The first kappa shape index (κ1) is 21.2. The van der Waals surface area contributed by atoms with Crippen molar-refractivity contribution in [2.24, 2.45) is 0 Å². The van der Waals surface area contributed by atoms with E-state index in [1.54, 1.807) is 12.1 Å². The number of hydrogen-bond donors (Lipinski definition) is 1. The minimum atomic E-state index is -0.616. The number of nitro benzene ring substituents is 2. The highest BCUT2D eigenvalue weighted by Crippen LogP contribution is 2.31. The number of carbonyl (C=O) groups excluding carboxylic acids is 1. The number of morpholine rings is 1. The molecule has 1 heterocycles. The molecular weight excluding hydrogens is 416 g/mol. The SMILES string of the molecule is O=C(/C=C/c1ccc(Cl)c([N+](=O)[O-])c1)Nc1ccc(N2CCOCC2)c([N+](=O)[O-])c1. The normalized spacial score (nSPS) is 14.0. The van der Waals surface area contributed by atoms with Crippen LogP contribution in [0, 0.1) is 20.2 Å². The number of hydrogen-bond acceptors (Lipinski definition) is 7. The van der Waals surface area contributed by atoms with Gasteiger partial charge < -0.3 is 15.0 Å². The van der Waals surface area contributed by atoms with Gasteiger partial charge in [0.25, 0.3) is 11.4 Å². The van der Waals surface area contributed by atoms with E-state index in [4.69, 9.17) is 16.3 Å². The second-order valence-electron chi connectivity index (χ2n) is 6.35. The fraction of sp³-hybridized carbons (Fsp3) is 0.211. The molecule has 0 radical (unpaired) electrons. The molecule has 30 heavy (non-hydrogen) atoms. The summed E-state index contributed by atoms with van der Waals surface area (Å²) in [5.41, 5.74) is 0.746. The maximum Gasteiger partial charge on any atom is 0.294 e. The Morgan fingerprint density at radius 2 is 1.77 bits per heavy atom. The van der Waals surface area contributed by atoms with Crippen LogP contribution < -0.4 is 10.2 Å². The molecule has 0 bridgehead atoms. The molecule has 3 rings (SSSR count). The summed E-state index contributed by atoms with van der Waals surface area (Å²) < 4.78 is 5.27. The monoisotopic (exact) mass is 432 g/mol. The van der Waals surface area contributed by atoms with Gasteiger partial charge in [0.1, 0.15) is 10.7 Å². The molecule has 1 amide bonds. The number of benzene rings is 2. The van der Waals surface area contributed by atoms with Crippen LogP contribution in [0.15, 0.2) is 42.5 Å². The van der Waals surface area contributed by atoms with Gasteiger partial charge in [0, 0.05) is 37.0 Å². The summed E-state index contributed by atoms with van der Waals surface area (Å²) in [6.45, 7) is 2.07. The number of nitro groups is 2. The maximum absolute atomic E-state index is 12.2. The molecule has 1 aliphatic rings. The summed E-state index contributed by atoms with van der Waals surface area (Å²) in [5, 5.41) is 25.0. The molecule has 1 N–H and O–H groups in total. The first-order chi connectivity index (χ1) is 14.3. The zero-order valence-corrected chi connectivity index (χ0v) is 16.4. The molecule has 11 heteroatoms. The van der Waals surface area contributed by atoms with Gasteiger partial charge in [-0.3, -0.25) is 25.0 Å². The molecule has 0 saturated carbocycles. The molecule has 1 saturated heterocycles. The van der Waals surface area contributed by atoms with Crippen LogP contribution in [-0.4, -0.2) is 42.1 Å². The summed E-state index contributed by atoms with van der Waals surface area (Å²) in [4.78, 5) is 35.4. The van der Waals surface area contributed by atoms with E-state index in [2.05, 4.69) is 5.32 Å². The lowest BCUT2D eigenvalue weighted by atomic mass is 10.2. The topological polar surface area (TPSA) is 128 Å². The summed E-state index contributed by atoms with van der Waals surface area (Å²) in [6, 6.07) is 8.60. The predicted octanol–water partition coefficient (Wildman–Crippen LogP) is 3.64. The fourth-order valence-electron chi connectivity index (χ4n) is 2.95. The van der Waals surface area contributed by atoms with Crippen LogP contribution in [0.25, 0.3) is 6.08 Å². The van der Waals surface area contributed by atoms with Gasteiger partial charge >= 0.3 is 0 Å². The van der Waals surface area contributed by atoms with Gasteiger partial charge in [-0.2, -0.15) is 0 Å². The number of ether oxygens (including phenoxy) is 1. The van der Waals surface area contributed by atoms with Gasteiger partial charge in [-0.25, -0.2) is 0 Å². The quantitative estimate of drug-likeness (QED) is 0.419. The van der Waals surface area contributed by atoms with Crippen molar-refractivity contribution < 1.29 is 19.4 Å². The molecule has 0 unspecified atom stereocenters. The third kappa shape index (κ3) is 5.10. The van der Waals surface area contributed by atoms with Gasteiger partial charge in [0.15, 0.2) is 0 Å². The standard InChI is InChI=1S/C19H17ClN4O6/c20-15-4-1-13(11-17(15)23(26)27)2-6-19(25)21-14-3-5-16(18(12-14)24(28)29)22-7-9-30-10-8-22/h1-6,11-12H,7-10H2,(H,21,25)/b6-2+. The van der Waals surface area contributed by atoms with Crippen LogP contribution in [-0.2, 0) is 9.53 Å². The van der Waals surface area contributed by atoms with Crippen LogP contribution in [0.2, 0.25) is 5.02 Å². The Balaban J connectivity index is 1.74. The molecule has 1 aliphatic heterocycles. The van der Waals surface area contributed by atoms with Crippen molar-refractivity contribution >= 4 is 46.3 Å². The molecule has 10 nitrogen and oxygen atoms in total. The highest BCUT2D eigenvalue weighted by atomic mass is 35.5. The van der Waals surface area contributed by atoms with E-state index in [0.717, 1.165) is 0 Å². The van der Waals surface area contributed by atoms with E-state index >= 15 is 0 Å². The maximum atomic E-state index is 12.2. The van der Waals surface area contributed by atoms with Crippen LogP contribution >= 0.6 is 11.6 Å². The zero-order valence-electron chi connectivity index (χ0n) is 15.6. The van der Waals surface area contributed by atoms with Gasteiger partial charge in [-0.05, 0) is 29.8 Å². The lowest BCUT2D eigenvalue weighted by Gasteiger charge is -2.28. The first-order valence-electron chi connectivity index (χ1n) is 8.89. The molecule has 0 spiro atoms. The highest BCUT2D eigenvalue weighted by Gasteiger charge is 2.22. The predicted molar refractivity (Wildman–Crippen MR) is 112 cm³/mol. The molecule has 156 valence electrons. The molecule has 2 aromatic rings. The van der Waals surface area contributed by atoms with E-state index in [0.29, 0.717) is 37.6 Å². The number of amides is 1. The Hall–Kier alpha value is -3.50. The Kier molecular flexibility index (Phi) is 6.60. The number of halogens is 1. The van der Waals surface area contributed by atoms with E-state index in [1.165, 1.54) is 36.4 Å². The third-order valence-corrected chi connectivity index (χ3v) is 4.71. The van der Waals surface area contributed by atoms with Crippen LogP contribution in [0.5, 0.6) is 0 Å². The Morgan fingerprint density at radius 3 is 2.43 bits per heavy atom. The van der Waals surface area contributed by atoms with Crippen molar-refractivity contribution in [3.63, 3.8) is 0 Å². The first-order valence-corrected chi connectivity index (χ1v) is 9.27. The van der Waals surface area contributed by atoms with Crippen molar-refractivity contribution in [1.29, 1.82) is 0 Å². The fourth-order valence-corrected chi connectivity index (χ4v) is 3.13. The Labute approximate surface area is 176 Å². The number of anilines is 2. The smallest absolute Gasteiger partial charge is 0.294 e. The lowest BCUT2D eigenvalue weighted by molar-refractivity contribution is -0.384. The molecule has 0 aliphatic carbocycles. The molecule has 0 aromatic heterocycles. The second-order valence-corrected chi connectivity index (χ2v) is 6.76. The summed E-state index contributed by atoms with van der Waals surface area (Å²) in [6.07, 6.45) is 2.56. The van der Waals surface area contributed by atoms with Gasteiger partial charge in [-0.1, -0.05) is 17.7 Å². The minimum Gasteiger partial charge on any atom is -0.378 e. The van der Waals surface area contributed by atoms with E-state index in [9.17, 15) is 25.0 Å². The lowest BCUT2D eigenvalue weighted by Crippen LogP contribution is -2.36. The van der Waals surface area contributed by atoms with Crippen LogP contribution in [0.4, 0.5) is 22.7 Å². The highest BCUT2D eigenvalue weighted by molar-refractivity contribution is 6.32. The number of carbonyl (C=O) groups is 1. The average molecular weight is 433 g/mol. The Morgan fingerprint density at radius 1 is 1.07 bits per heavy atom. The van der Waals surface area contributed by atoms with E-state index < -0.39 is 15.8 Å². The van der Waals surface area contributed by atoms with Crippen molar-refractivity contribution in [1.82, 2.24) is 0 Å². The zero-order chi connectivity index (χ0) is 21.7.